The maximum absolute atomic E-state index is 12.8. The lowest BCUT2D eigenvalue weighted by molar-refractivity contribution is 0.0994. The van der Waals surface area contributed by atoms with Crippen molar-refractivity contribution in [2.45, 2.75) is 18.7 Å². The van der Waals surface area contributed by atoms with Crippen LogP contribution in [0, 0.1) is 0 Å². The molecule has 10 heteroatoms. The highest BCUT2D eigenvalue weighted by molar-refractivity contribution is 7.89. The molecule has 1 heterocycles. The summed E-state index contributed by atoms with van der Waals surface area (Å²) in [5.74, 6) is -0.708. The summed E-state index contributed by atoms with van der Waals surface area (Å²) in [6.07, 6.45) is 1.41. The molecule has 0 aliphatic carbocycles. The van der Waals surface area contributed by atoms with Crippen molar-refractivity contribution in [3.05, 3.63) is 77.2 Å². The quantitative estimate of drug-likeness (QED) is 0.499. The van der Waals surface area contributed by atoms with Crippen LogP contribution >= 0.6 is 11.6 Å². The number of hydrogen-bond acceptors (Lipinski definition) is 5. The molecule has 2 N–H and O–H groups in total. The van der Waals surface area contributed by atoms with E-state index >= 15 is 0 Å². The smallest absolute Gasteiger partial charge is 0.291 e. The number of benzene rings is 2. The predicted octanol–water partition coefficient (Wildman–Crippen LogP) is 4.47. The molecular weight excluding hydrogens is 454 g/mol. The van der Waals surface area contributed by atoms with Gasteiger partial charge in [0.1, 0.15) is 4.90 Å². The van der Waals surface area contributed by atoms with Crippen LogP contribution in [0.3, 0.4) is 0 Å². The van der Waals surface area contributed by atoms with Crippen LogP contribution in [-0.2, 0) is 10.0 Å². The monoisotopic (exact) mass is 475 g/mol. The Bertz CT molecular complexity index is 1200. The number of halogens is 1. The van der Waals surface area contributed by atoms with E-state index in [1.165, 1.54) is 28.8 Å². The molecule has 3 aromatic rings. The van der Waals surface area contributed by atoms with Crippen molar-refractivity contribution in [1.82, 2.24) is 4.31 Å². The lowest BCUT2D eigenvalue weighted by Crippen LogP contribution is -2.31. The first-order valence-electron chi connectivity index (χ1n) is 9.82. The summed E-state index contributed by atoms with van der Waals surface area (Å²) < 4.78 is 32.0. The van der Waals surface area contributed by atoms with Gasteiger partial charge in [-0.05, 0) is 54.6 Å². The number of sulfonamides is 1. The minimum Gasteiger partial charge on any atom is -0.459 e. The third-order valence-electron chi connectivity index (χ3n) is 4.66. The summed E-state index contributed by atoms with van der Waals surface area (Å²) in [5.41, 5.74) is 1.13. The van der Waals surface area contributed by atoms with Crippen LogP contribution < -0.4 is 10.6 Å². The molecule has 168 valence electrons. The average Bonchev–Trinajstić information content (AvgIpc) is 3.31. The predicted molar refractivity (Wildman–Crippen MR) is 123 cm³/mol. The number of amides is 2. The minimum absolute atomic E-state index is 0.0464. The first-order valence-corrected chi connectivity index (χ1v) is 11.6. The van der Waals surface area contributed by atoms with Crippen LogP contribution in [0.25, 0.3) is 0 Å². The van der Waals surface area contributed by atoms with Gasteiger partial charge in [-0.2, -0.15) is 4.31 Å². The van der Waals surface area contributed by atoms with E-state index in [1.54, 1.807) is 50.2 Å². The minimum atomic E-state index is -3.82. The fourth-order valence-corrected chi connectivity index (χ4v) is 4.94. The van der Waals surface area contributed by atoms with Gasteiger partial charge in [-0.1, -0.05) is 25.4 Å². The van der Waals surface area contributed by atoms with Crippen LogP contribution in [0.5, 0.6) is 0 Å². The van der Waals surface area contributed by atoms with Crippen molar-refractivity contribution < 1.29 is 22.4 Å². The molecule has 0 spiro atoms. The molecule has 32 heavy (non-hydrogen) atoms. The van der Waals surface area contributed by atoms with Crippen molar-refractivity contribution in [2.75, 3.05) is 23.7 Å². The second kappa shape index (κ2) is 9.99. The first-order chi connectivity index (χ1) is 15.3. The summed E-state index contributed by atoms with van der Waals surface area (Å²) in [6.45, 7) is 4.03. The molecule has 2 aromatic carbocycles. The molecule has 3 rings (SSSR count). The number of hydrogen-bond donors (Lipinski definition) is 2. The Hall–Kier alpha value is -3.14. The first kappa shape index (κ1) is 23.5. The molecular formula is C22H22ClN3O5S. The highest BCUT2D eigenvalue weighted by Gasteiger charge is 2.25. The molecule has 0 saturated heterocycles. The van der Waals surface area contributed by atoms with E-state index in [9.17, 15) is 18.0 Å². The molecule has 0 bridgehead atoms. The number of nitrogens with one attached hydrogen (secondary N) is 2. The Balaban J connectivity index is 1.74. The highest BCUT2D eigenvalue weighted by Crippen LogP contribution is 2.26. The van der Waals surface area contributed by atoms with E-state index in [-0.39, 0.29) is 34.3 Å². The standard InChI is InChI=1S/C22H22ClN3O5S/c1-3-26(4-2)32(29,30)20-14-15(7-12-18(20)23)21(27)24-16-8-10-17(11-9-16)25-22(28)19-6-5-13-31-19/h5-14H,3-4H2,1-2H3,(H,24,27)(H,25,28). The Morgan fingerprint density at radius 1 is 0.938 bits per heavy atom. The zero-order valence-corrected chi connectivity index (χ0v) is 19.0. The second-order valence-electron chi connectivity index (χ2n) is 6.70. The van der Waals surface area contributed by atoms with E-state index in [1.807, 2.05) is 0 Å². The summed E-state index contributed by atoms with van der Waals surface area (Å²) >= 11 is 6.12. The van der Waals surface area contributed by atoms with Gasteiger partial charge in [-0.15, -0.1) is 0 Å². The molecule has 8 nitrogen and oxygen atoms in total. The van der Waals surface area contributed by atoms with Crippen molar-refractivity contribution >= 4 is 44.8 Å². The topological polar surface area (TPSA) is 109 Å². The van der Waals surface area contributed by atoms with Gasteiger partial charge in [0.2, 0.25) is 10.0 Å². The summed E-state index contributed by atoms with van der Waals surface area (Å²) in [7, 11) is -3.82. The van der Waals surface area contributed by atoms with E-state index < -0.39 is 21.8 Å². The molecule has 0 unspecified atom stereocenters. The van der Waals surface area contributed by atoms with Gasteiger partial charge >= 0.3 is 0 Å². The third kappa shape index (κ3) is 5.18. The Kier molecular flexibility index (Phi) is 7.34. The lowest BCUT2D eigenvalue weighted by atomic mass is 10.2. The van der Waals surface area contributed by atoms with Crippen LogP contribution in [0.15, 0.2) is 70.2 Å². The van der Waals surface area contributed by atoms with E-state index in [0.29, 0.717) is 11.4 Å². The number of carbonyl (C=O) groups is 2. The highest BCUT2D eigenvalue weighted by atomic mass is 35.5. The normalized spacial score (nSPS) is 11.4. The van der Waals surface area contributed by atoms with Crippen LogP contribution in [-0.4, -0.2) is 37.6 Å². The molecule has 1 aromatic heterocycles. The van der Waals surface area contributed by atoms with Crippen LogP contribution in [0.2, 0.25) is 5.02 Å². The molecule has 0 radical (unpaired) electrons. The van der Waals surface area contributed by atoms with Crippen molar-refractivity contribution in [3.8, 4) is 0 Å². The number of furan rings is 1. The molecule has 0 atom stereocenters. The fourth-order valence-electron chi connectivity index (χ4n) is 2.99. The van der Waals surface area contributed by atoms with Gasteiger partial charge in [0.25, 0.3) is 11.8 Å². The average molecular weight is 476 g/mol. The largest absolute Gasteiger partial charge is 0.459 e. The van der Waals surface area contributed by atoms with Crippen molar-refractivity contribution in [1.29, 1.82) is 0 Å². The van der Waals surface area contributed by atoms with E-state index in [2.05, 4.69) is 10.6 Å². The number of rotatable bonds is 8. The lowest BCUT2D eigenvalue weighted by Gasteiger charge is -2.19. The third-order valence-corrected chi connectivity index (χ3v) is 7.19. The summed E-state index contributed by atoms with van der Waals surface area (Å²) in [4.78, 5) is 24.6. The van der Waals surface area contributed by atoms with E-state index in [0.717, 1.165) is 0 Å². The van der Waals surface area contributed by atoms with Crippen LogP contribution in [0.4, 0.5) is 11.4 Å². The summed E-state index contributed by atoms with van der Waals surface area (Å²) in [6, 6.07) is 13.7. The Morgan fingerprint density at radius 3 is 2.06 bits per heavy atom. The Morgan fingerprint density at radius 2 is 1.53 bits per heavy atom. The second-order valence-corrected chi connectivity index (χ2v) is 9.01. The van der Waals surface area contributed by atoms with E-state index in [4.69, 9.17) is 16.0 Å². The molecule has 0 saturated carbocycles. The van der Waals surface area contributed by atoms with Gasteiger partial charge in [-0.25, -0.2) is 8.42 Å². The maximum Gasteiger partial charge on any atom is 0.291 e. The van der Waals surface area contributed by atoms with Crippen molar-refractivity contribution in [2.24, 2.45) is 0 Å². The molecule has 2 amide bonds. The SMILES string of the molecule is CCN(CC)S(=O)(=O)c1cc(C(=O)Nc2ccc(NC(=O)c3ccco3)cc2)ccc1Cl. The number of nitrogens with zero attached hydrogens (tertiary/aromatic N) is 1. The van der Waals surface area contributed by atoms with Gasteiger partial charge in [-0.3, -0.25) is 9.59 Å². The summed E-state index contributed by atoms with van der Waals surface area (Å²) in [5, 5.41) is 5.42. The molecule has 0 fully saturated rings. The molecule has 0 aliphatic heterocycles. The number of carbonyl (C=O) groups excluding carboxylic acids is 2. The number of anilines is 2. The van der Waals surface area contributed by atoms with Crippen molar-refractivity contribution in [3.63, 3.8) is 0 Å². The molecule has 0 aliphatic rings. The maximum atomic E-state index is 12.8. The Labute approximate surface area is 191 Å². The fraction of sp³-hybridized carbons (Fsp3) is 0.182. The zero-order valence-electron chi connectivity index (χ0n) is 17.5. The van der Waals surface area contributed by atoms with Gasteiger partial charge in [0, 0.05) is 30.0 Å². The van der Waals surface area contributed by atoms with Crippen LogP contribution in [0.1, 0.15) is 34.8 Å². The van der Waals surface area contributed by atoms with Gasteiger partial charge in [0.15, 0.2) is 5.76 Å². The van der Waals surface area contributed by atoms with Gasteiger partial charge in [0.05, 0.1) is 11.3 Å². The zero-order chi connectivity index (χ0) is 23.3. The van der Waals surface area contributed by atoms with Gasteiger partial charge < -0.3 is 15.1 Å².